The van der Waals surface area contributed by atoms with Crippen LogP contribution in [-0.4, -0.2) is 28.3 Å². The maximum atomic E-state index is 10.3. The van der Waals surface area contributed by atoms with Crippen molar-refractivity contribution < 1.29 is 4.92 Å². The molecule has 0 amide bonds. The third-order valence-electron chi connectivity index (χ3n) is 1.86. The van der Waals surface area contributed by atoms with Crippen molar-refractivity contribution in [3.05, 3.63) is 22.4 Å². The van der Waals surface area contributed by atoms with E-state index < -0.39 is 4.92 Å². The summed E-state index contributed by atoms with van der Waals surface area (Å²) in [6.45, 7) is 3.62. The van der Waals surface area contributed by atoms with Gasteiger partial charge in [-0.15, -0.1) is 0 Å². The lowest BCUT2D eigenvalue weighted by Gasteiger charge is -2.07. The molecule has 0 radical (unpaired) electrons. The minimum absolute atomic E-state index is 0.0957. The molecule has 0 spiro atoms. The zero-order valence-electron chi connectivity index (χ0n) is 8.30. The van der Waals surface area contributed by atoms with Gasteiger partial charge >= 0.3 is 5.82 Å². The molecule has 1 atom stereocenters. The lowest BCUT2D eigenvalue weighted by Crippen LogP contribution is -2.20. The van der Waals surface area contributed by atoms with Gasteiger partial charge in [0.15, 0.2) is 0 Å². The summed E-state index contributed by atoms with van der Waals surface area (Å²) in [6.07, 6.45) is 1.63. The Balaban J connectivity index is 2.55. The van der Waals surface area contributed by atoms with Gasteiger partial charge in [0, 0.05) is 0 Å². The zero-order chi connectivity index (χ0) is 10.6. The van der Waals surface area contributed by atoms with Crippen LogP contribution in [0.5, 0.6) is 0 Å². The fourth-order valence-electron chi connectivity index (χ4n) is 1.28. The first-order valence-electron chi connectivity index (χ1n) is 4.46. The summed E-state index contributed by atoms with van der Waals surface area (Å²) in [4.78, 5) is 9.86. The lowest BCUT2D eigenvalue weighted by molar-refractivity contribution is -0.389. The number of rotatable bonds is 5. The number of aromatic nitrogens is 2. The van der Waals surface area contributed by atoms with Gasteiger partial charge < -0.3 is 15.4 Å². The smallest absolute Gasteiger partial charge is 0.358 e. The van der Waals surface area contributed by atoms with Crippen LogP contribution < -0.4 is 5.32 Å². The average Bonchev–Trinajstić information content (AvgIpc) is 2.53. The van der Waals surface area contributed by atoms with E-state index in [0.29, 0.717) is 12.5 Å². The summed E-state index contributed by atoms with van der Waals surface area (Å²) < 4.78 is 1.60. The van der Waals surface area contributed by atoms with Crippen molar-refractivity contribution in [1.82, 2.24) is 15.1 Å². The van der Waals surface area contributed by atoms with E-state index in [-0.39, 0.29) is 5.82 Å². The molecule has 1 heterocycles. The molecule has 0 aromatic carbocycles. The standard InChI is InChI=1S/C8H14N4O2/c1-7(5-9-2)6-11-4-3-8(10-11)12(13)14/h3-4,7,9H,5-6H2,1-2H3. The van der Waals surface area contributed by atoms with Crippen molar-refractivity contribution in [1.29, 1.82) is 0 Å². The predicted octanol–water partition coefficient (Wildman–Crippen LogP) is 0.647. The summed E-state index contributed by atoms with van der Waals surface area (Å²) in [5.41, 5.74) is 0. The van der Waals surface area contributed by atoms with Crippen LogP contribution >= 0.6 is 0 Å². The lowest BCUT2D eigenvalue weighted by atomic mass is 10.2. The highest BCUT2D eigenvalue weighted by Crippen LogP contribution is 2.07. The van der Waals surface area contributed by atoms with E-state index in [1.54, 1.807) is 10.9 Å². The molecule has 1 rings (SSSR count). The van der Waals surface area contributed by atoms with E-state index in [0.717, 1.165) is 6.54 Å². The largest absolute Gasteiger partial charge is 0.389 e. The molecular weight excluding hydrogens is 184 g/mol. The molecule has 1 aromatic rings. The van der Waals surface area contributed by atoms with Crippen molar-refractivity contribution in [3.63, 3.8) is 0 Å². The number of nitro groups is 1. The monoisotopic (exact) mass is 198 g/mol. The van der Waals surface area contributed by atoms with Gasteiger partial charge in [-0.1, -0.05) is 6.92 Å². The van der Waals surface area contributed by atoms with E-state index in [4.69, 9.17) is 0 Å². The second-order valence-electron chi connectivity index (χ2n) is 3.32. The maximum absolute atomic E-state index is 10.3. The number of hydrogen-bond donors (Lipinski definition) is 1. The first kappa shape index (κ1) is 10.6. The van der Waals surface area contributed by atoms with Gasteiger partial charge in [-0.3, -0.25) is 0 Å². The Morgan fingerprint density at radius 2 is 2.50 bits per heavy atom. The molecule has 1 N–H and O–H groups in total. The molecule has 0 bridgehead atoms. The molecule has 6 nitrogen and oxygen atoms in total. The van der Waals surface area contributed by atoms with Gasteiger partial charge in [0.25, 0.3) is 0 Å². The van der Waals surface area contributed by atoms with Crippen molar-refractivity contribution in [2.45, 2.75) is 13.5 Å². The van der Waals surface area contributed by atoms with Crippen LogP contribution in [0.1, 0.15) is 6.92 Å². The summed E-state index contributed by atoms with van der Waals surface area (Å²) in [6, 6.07) is 1.41. The first-order chi connectivity index (χ1) is 6.63. The van der Waals surface area contributed by atoms with Crippen LogP contribution in [0.25, 0.3) is 0 Å². The quantitative estimate of drug-likeness (QED) is 0.556. The molecule has 0 saturated heterocycles. The molecule has 6 heteroatoms. The van der Waals surface area contributed by atoms with Crippen LogP contribution in [0.2, 0.25) is 0 Å². The zero-order valence-corrected chi connectivity index (χ0v) is 8.30. The van der Waals surface area contributed by atoms with Gasteiger partial charge in [0.05, 0.1) is 23.9 Å². The Morgan fingerprint density at radius 3 is 3.00 bits per heavy atom. The van der Waals surface area contributed by atoms with Crippen LogP contribution in [0.3, 0.4) is 0 Å². The summed E-state index contributed by atoms with van der Waals surface area (Å²) in [5, 5.41) is 17.2. The van der Waals surface area contributed by atoms with Crippen LogP contribution in [0.4, 0.5) is 5.82 Å². The third kappa shape index (κ3) is 2.81. The molecule has 0 aliphatic rings. The third-order valence-corrected chi connectivity index (χ3v) is 1.86. The van der Waals surface area contributed by atoms with Crippen molar-refractivity contribution >= 4 is 5.82 Å². The fourth-order valence-corrected chi connectivity index (χ4v) is 1.28. The molecule has 0 aliphatic carbocycles. The van der Waals surface area contributed by atoms with Gasteiger partial charge in [-0.25, -0.2) is 0 Å². The topological polar surface area (TPSA) is 73.0 Å². The van der Waals surface area contributed by atoms with Crippen molar-refractivity contribution in [2.75, 3.05) is 13.6 Å². The normalized spacial score (nSPS) is 12.7. The highest BCUT2D eigenvalue weighted by atomic mass is 16.6. The average molecular weight is 198 g/mol. The van der Waals surface area contributed by atoms with E-state index >= 15 is 0 Å². The molecule has 1 unspecified atom stereocenters. The fraction of sp³-hybridized carbons (Fsp3) is 0.625. The Hall–Kier alpha value is -1.43. The Morgan fingerprint density at radius 1 is 1.79 bits per heavy atom. The van der Waals surface area contributed by atoms with Gasteiger partial charge in [-0.05, 0) is 24.4 Å². The second-order valence-corrected chi connectivity index (χ2v) is 3.32. The minimum Gasteiger partial charge on any atom is -0.358 e. The highest BCUT2D eigenvalue weighted by Gasteiger charge is 2.12. The second kappa shape index (κ2) is 4.71. The summed E-state index contributed by atoms with van der Waals surface area (Å²) in [5.74, 6) is 0.307. The highest BCUT2D eigenvalue weighted by molar-refractivity contribution is 5.13. The van der Waals surface area contributed by atoms with Gasteiger partial charge in [0.1, 0.15) is 0 Å². The van der Waals surface area contributed by atoms with E-state index in [9.17, 15) is 10.1 Å². The number of nitrogens with zero attached hydrogens (tertiary/aromatic N) is 3. The van der Waals surface area contributed by atoms with Crippen molar-refractivity contribution in [2.24, 2.45) is 5.92 Å². The molecule has 1 aromatic heterocycles. The predicted molar refractivity (Wildman–Crippen MR) is 52.0 cm³/mol. The van der Waals surface area contributed by atoms with Crippen LogP contribution in [-0.2, 0) is 6.54 Å². The number of hydrogen-bond acceptors (Lipinski definition) is 4. The molecule has 0 fully saturated rings. The molecule has 14 heavy (non-hydrogen) atoms. The maximum Gasteiger partial charge on any atom is 0.389 e. The molecular formula is C8H14N4O2. The minimum atomic E-state index is -0.487. The summed E-state index contributed by atoms with van der Waals surface area (Å²) >= 11 is 0. The number of nitrogens with one attached hydrogen (secondary N) is 1. The van der Waals surface area contributed by atoms with Gasteiger partial charge in [0.2, 0.25) is 0 Å². The van der Waals surface area contributed by atoms with Crippen molar-refractivity contribution in [3.8, 4) is 0 Å². The Bertz CT molecular complexity index is 310. The first-order valence-corrected chi connectivity index (χ1v) is 4.46. The Labute approximate surface area is 82.1 Å². The van der Waals surface area contributed by atoms with E-state index in [1.165, 1.54) is 6.07 Å². The van der Waals surface area contributed by atoms with E-state index in [1.807, 2.05) is 7.05 Å². The molecule has 0 aliphatic heterocycles. The van der Waals surface area contributed by atoms with Gasteiger partial charge in [-0.2, -0.15) is 4.68 Å². The molecule has 0 saturated carbocycles. The molecule has 78 valence electrons. The Kier molecular flexibility index (Phi) is 3.58. The van der Waals surface area contributed by atoms with Crippen LogP contribution in [0.15, 0.2) is 12.3 Å². The van der Waals surface area contributed by atoms with Crippen LogP contribution in [0, 0.1) is 16.0 Å². The van der Waals surface area contributed by atoms with E-state index in [2.05, 4.69) is 17.3 Å². The SMILES string of the molecule is CNCC(C)Cn1ccc([N+](=O)[O-])n1. The summed E-state index contributed by atoms with van der Waals surface area (Å²) in [7, 11) is 1.88.